The second-order valence-corrected chi connectivity index (χ2v) is 14.5. The lowest BCUT2D eigenvalue weighted by Gasteiger charge is -2.36. The van der Waals surface area contributed by atoms with Gasteiger partial charge in [-0.3, -0.25) is 9.18 Å². The van der Waals surface area contributed by atoms with Gasteiger partial charge in [-0.2, -0.15) is 0 Å². The molecule has 0 saturated heterocycles. The average Bonchev–Trinajstić information content (AvgIpc) is 3.28. The largest absolute Gasteiger partial charge is 0.508 e. The maximum absolute atomic E-state index is 13.0. The van der Waals surface area contributed by atoms with Gasteiger partial charge in [0.15, 0.2) is 0 Å². The van der Waals surface area contributed by atoms with Crippen molar-refractivity contribution in [3.63, 3.8) is 0 Å². The van der Waals surface area contributed by atoms with Crippen molar-refractivity contribution >= 4 is 63.3 Å². The van der Waals surface area contributed by atoms with Crippen LogP contribution in [-0.4, -0.2) is 59.2 Å². The lowest BCUT2D eigenvalue weighted by atomic mass is 9.84. The van der Waals surface area contributed by atoms with Crippen molar-refractivity contribution < 1.29 is 40.2 Å². The van der Waals surface area contributed by atoms with Crippen LogP contribution in [0.2, 0.25) is 0 Å². The second kappa shape index (κ2) is 21.5. The Labute approximate surface area is 353 Å². The standard InChI is InChI=1S/C36H31NO4S.C13H10O3.CH3F/c1-41-35(40)33(37-34(39)22-18-26-17-19-28-24-32(38)21-20-27(28)23-26)25-42-36(29-11-5-2-6-12-29,30-13-7-3-8-14-30)31-15-9-4-10-16-31;14-12-5-4-10-7-9(2-6-13(15)16)1-3-11(10)8-12;1-2/h2-24,33,38H,25H2,1H3,(H,37,39);1-8,14H,(H,15,16);1H3/b22-18+;6-2+;/t33-;;/m1../s1/i;;1D. The number of fused-ring (bicyclic) bond motifs is 2. The van der Waals surface area contributed by atoms with E-state index in [9.17, 15) is 29.0 Å². The van der Waals surface area contributed by atoms with Gasteiger partial charge in [-0.25, -0.2) is 9.59 Å². The highest BCUT2D eigenvalue weighted by atomic mass is 32.2. The molecule has 0 unspecified atom stereocenters. The van der Waals surface area contributed by atoms with Crippen LogP contribution in [0.15, 0.2) is 176 Å². The minimum atomic E-state index is -1.00. The lowest BCUT2D eigenvalue weighted by molar-refractivity contribution is -0.143. The van der Waals surface area contributed by atoms with E-state index >= 15 is 0 Å². The Bertz CT molecular complexity index is 2510. The summed E-state index contributed by atoms with van der Waals surface area (Å²) < 4.78 is 20.0. The maximum atomic E-state index is 13.0. The third-order valence-electron chi connectivity index (χ3n) is 9.35. The molecule has 0 saturated carbocycles. The zero-order valence-corrected chi connectivity index (χ0v) is 33.5. The highest BCUT2D eigenvalue weighted by Gasteiger charge is 2.38. The minimum absolute atomic E-state index is 0.202. The van der Waals surface area contributed by atoms with E-state index in [4.69, 9.17) is 11.2 Å². The van der Waals surface area contributed by atoms with E-state index in [2.05, 4.69) is 41.7 Å². The number of amides is 1. The monoisotopic (exact) mass is 822 g/mol. The van der Waals surface area contributed by atoms with Gasteiger partial charge in [0.2, 0.25) is 5.91 Å². The second-order valence-electron chi connectivity index (χ2n) is 13.3. The number of rotatable bonds is 12. The number of hydrogen-bond donors (Lipinski definition) is 4. The van der Waals surface area contributed by atoms with E-state index in [-0.39, 0.29) is 17.3 Å². The van der Waals surface area contributed by atoms with Crippen molar-refractivity contribution in [3.05, 3.63) is 204 Å². The Morgan fingerprint density at radius 3 is 1.48 bits per heavy atom. The Balaban J connectivity index is 0.000000307. The first kappa shape index (κ1) is 42.4. The molecule has 0 radical (unpaired) electrons. The fraction of sp³-hybridized carbons (Fsp3) is 0.100. The van der Waals surface area contributed by atoms with E-state index < -0.39 is 35.8 Å². The molecule has 1 atom stereocenters. The number of phenolic OH excluding ortho intramolecular Hbond substituents is 2. The molecule has 4 N–H and O–H groups in total. The number of carbonyl (C=O) groups excluding carboxylic acids is 2. The van der Waals surface area contributed by atoms with Crippen molar-refractivity contribution in [3.8, 4) is 11.5 Å². The first-order valence-electron chi connectivity index (χ1n) is 19.4. The molecule has 0 aliphatic rings. The topological polar surface area (TPSA) is 133 Å². The fourth-order valence-corrected chi connectivity index (χ4v) is 8.10. The molecule has 7 aromatic carbocycles. The number of carboxylic acid groups (broad SMARTS) is 1. The van der Waals surface area contributed by atoms with E-state index in [1.807, 2.05) is 91.0 Å². The molecule has 0 aliphatic carbocycles. The molecule has 0 aromatic heterocycles. The fourth-order valence-electron chi connectivity index (χ4n) is 6.56. The van der Waals surface area contributed by atoms with Gasteiger partial charge in [-0.05, 0) is 97.9 Å². The SMILES string of the molecule is COC(=O)[C@@H](CSC(c1ccccc1)(c1ccccc1)c1ccccc1)NC(=O)/C=C/c1ccc2cc(O)ccc2c1.O=C(O)/C=C/c1ccc2cc(O)ccc2c1.[2H]CF. The molecule has 0 aliphatic heterocycles. The molecule has 0 spiro atoms. The van der Waals surface area contributed by atoms with Crippen LogP contribution in [0.1, 0.15) is 29.2 Å². The van der Waals surface area contributed by atoms with Gasteiger partial charge in [0.05, 0.1) is 20.4 Å². The summed E-state index contributed by atoms with van der Waals surface area (Å²) in [6.45, 7) is 0. The highest BCUT2D eigenvalue weighted by Crippen LogP contribution is 2.48. The Morgan fingerprint density at radius 1 is 0.667 bits per heavy atom. The molecule has 10 heteroatoms. The lowest BCUT2D eigenvalue weighted by Crippen LogP contribution is -2.43. The zero-order chi connectivity index (χ0) is 43.6. The molecule has 0 heterocycles. The van der Waals surface area contributed by atoms with Gasteiger partial charge < -0.3 is 25.4 Å². The Kier molecular flexibility index (Phi) is 15.2. The number of aromatic hydroxyl groups is 2. The van der Waals surface area contributed by atoms with Crippen LogP contribution >= 0.6 is 11.8 Å². The first-order chi connectivity index (χ1) is 29.6. The molecular weight excluding hydrogens is 778 g/mol. The van der Waals surface area contributed by atoms with Crippen LogP contribution in [0.4, 0.5) is 4.39 Å². The van der Waals surface area contributed by atoms with Crippen molar-refractivity contribution in [1.82, 2.24) is 5.32 Å². The summed E-state index contributed by atoms with van der Waals surface area (Å²) in [5.74, 6) is -1.19. The summed E-state index contributed by atoms with van der Waals surface area (Å²) in [6, 6.07) is 51.1. The van der Waals surface area contributed by atoms with Gasteiger partial charge in [-0.1, -0.05) is 127 Å². The number of thioether (sulfide) groups is 1. The van der Waals surface area contributed by atoms with E-state index in [0.29, 0.717) is 0 Å². The number of ether oxygens (including phenoxy) is 1. The van der Waals surface area contributed by atoms with Crippen LogP contribution in [0.3, 0.4) is 0 Å². The summed E-state index contributed by atoms with van der Waals surface area (Å²) >= 11 is 1.58. The summed E-state index contributed by atoms with van der Waals surface area (Å²) in [5, 5.41) is 34.1. The molecule has 7 rings (SSSR count). The molecule has 7 aromatic rings. The van der Waals surface area contributed by atoms with Crippen molar-refractivity contribution in [2.24, 2.45) is 0 Å². The van der Waals surface area contributed by atoms with Gasteiger partial charge >= 0.3 is 11.9 Å². The average molecular weight is 823 g/mol. The van der Waals surface area contributed by atoms with E-state index in [1.54, 1.807) is 54.2 Å². The number of carbonyl (C=O) groups is 3. The van der Waals surface area contributed by atoms with Crippen LogP contribution in [0.5, 0.6) is 11.5 Å². The predicted octanol–water partition coefficient (Wildman–Crippen LogP) is 10.2. The number of nitrogens with one attached hydrogen (secondary N) is 1. The molecule has 0 fully saturated rings. The third kappa shape index (κ3) is 11.5. The van der Waals surface area contributed by atoms with Crippen LogP contribution in [0, 0.1) is 0 Å². The highest BCUT2D eigenvalue weighted by molar-refractivity contribution is 8.00. The van der Waals surface area contributed by atoms with Gasteiger partial charge in [-0.15, -0.1) is 11.8 Å². The number of alkyl halides is 1. The van der Waals surface area contributed by atoms with Crippen molar-refractivity contribution in [1.29, 1.82) is 0 Å². The third-order valence-corrected chi connectivity index (χ3v) is 11.0. The molecule has 60 heavy (non-hydrogen) atoms. The Hall–Kier alpha value is -7.17. The molecule has 8 nitrogen and oxygen atoms in total. The molecule has 0 bridgehead atoms. The molecule has 304 valence electrons. The molecular formula is C50H44FNO7S. The van der Waals surface area contributed by atoms with Crippen LogP contribution in [-0.2, 0) is 23.9 Å². The number of hydrogen-bond acceptors (Lipinski definition) is 7. The Morgan fingerprint density at radius 2 is 1.07 bits per heavy atom. The van der Waals surface area contributed by atoms with Crippen LogP contribution < -0.4 is 5.32 Å². The number of phenols is 2. The first-order valence-corrected chi connectivity index (χ1v) is 19.6. The number of aliphatic carboxylic acids is 1. The van der Waals surface area contributed by atoms with Gasteiger partial charge in [0.25, 0.3) is 0 Å². The number of halogens is 1. The van der Waals surface area contributed by atoms with E-state index in [1.165, 1.54) is 19.3 Å². The van der Waals surface area contributed by atoms with Gasteiger partial charge in [0.1, 0.15) is 17.5 Å². The minimum Gasteiger partial charge on any atom is -0.508 e. The summed E-state index contributed by atoms with van der Waals surface area (Å²) in [5.41, 5.74) is 4.83. The van der Waals surface area contributed by atoms with Crippen molar-refractivity contribution in [2.45, 2.75) is 10.8 Å². The summed E-state index contributed by atoms with van der Waals surface area (Å²) in [6.07, 6.45) is 5.75. The predicted molar refractivity (Wildman–Crippen MR) is 240 cm³/mol. The quantitative estimate of drug-likeness (QED) is 0.0544. The summed E-state index contributed by atoms with van der Waals surface area (Å²) in [4.78, 5) is 36.3. The number of carboxylic acids is 1. The number of esters is 1. The number of benzene rings is 7. The van der Waals surface area contributed by atoms with Crippen LogP contribution in [0.25, 0.3) is 33.7 Å². The molecule has 1 amide bonds. The van der Waals surface area contributed by atoms with Gasteiger partial charge in [0, 0.05) is 17.9 Å². The number of methoxy groups -OCH3 is 1. The van der Waals surface area contributed by atoms with E-state index in [0.717, 1.165) is 55.4 Å². The normalized spacial score (nSPS) is 11.8. The summed E-state index contributed by atoms with van der Waals surface area (Å²) in [7, 11) is 0.327. The zero-order valence-electron chi connectivity index (χ0n) is 33.7. The smallest absolute Gasteiger partial charge is 0.329 e. The maximum Gasteiger partial charge on any atom is 0.329 e. The van der Waals surface area contributed by atoms with Crippen molar-refractivity contribution in [2.75, 3.05) is 20.0 Å².